The maximum absolute atomic E-state index is 11.9. The summed E-state index contributed by atoms with van der Waals surface area (Å²) in [4.78, 5) is 20.3. The molecule has 0 saturated carbocycles. The second kappa shape index (κ2) is 7.92. The van der Waals surface area contributed by atoms with Crippen LogP contribution in [0.3, 0.4) is 0 Å². The summed E-state index contributed by atoms with van der Waals surface area (Å²) in [6.07, 6.45) is 3.38. The smallest absolute Gasteiger partial charge is 0.258 e. The average Bonchev–Trinajstić information content (AvgIpc) is 2.67. The second-order valence-electron chi connectivity index (χ2n) is 5.38. The number of nitrogens with zero attached hydrogens (tertiary/aromatic N) is 2. The maximum Gasteiger partial charge on any atom is 0.258 e. The fourth-order valence-electron chi connectivity index (χ4n) is 2.22. The van der Waals surface area contributed by atoms with Crippen molar-refractivity contribution in [2.75, 3.05) is 12.3 Å². The second-order valence-corrected chi connectivity index (χ2v) is 5.38. The monoisotopic (exact) mass is 334 g/mol. The summed E-state index contributed by atoms with van der Waals surface area (Å²) in [6, 6.07) is 16.9. The number of nitrogens with one attached hydrogen (secondary N) is 1. The first-order valence-corrected chi connectivity index (χ1v) is 7.83. The van der Waals surface area contributed by atoms with Crippen LogP contribution in [0.4, 0.5) is 5.69 Å². The quantitative estimate of drug-likeness (QED) is 0.722. The normalized spacial score (nSPS) is 10.2. The third kappa shape index (κ3) is 4.54. The van der Waals surface area contributed by atoms with Crippen LogP contribution in [0.5, 0.6) is 5.88 Å². The average molecular weight is 334 g/mol. The number of anilines is 1. The van der Waals surface area contributed by atoms with Gasteiger partial charge in [-0.25, -0.2) is 4.98 Å². The molecule has 0 fully saturated rings. The Morgan fingerprint density at radius 1 is 1.08 bits per heavy atom. The number of pyridine rings is 2. The summed E-state index contributed by atoms with van der Waals surface area (Å²) in [5.74, 6) is -0.00644. The highest BCUT2D eigenvalue weighted by Gasteiger charge is 2.09. The number of hydrogen-bond acceptors (Lipinski definition) is 5. The highest BCUT2D eigenvalue weighted by molar-refractivity contribution is 5.77. The van der Waals surface area contributed by atoms with E-state index < -0.39 is 0 Å². The number of carbonyl (C=O) groups excluding carboxylic acids is 1. The zero-order chi connectivity index (χ0) is 17.5. The van der Waals surface area contributed by atoms with E-state index in [1.54, 1.807) is 18.5 Å². The van der Waals surface area contributed by atoms with Crippen molar-refractivity contribution in [1.29, 1.82) is 0 Å². The Morgan fingerprint density at radius 2 is 1.92 bits per heavy atom. The molecule has 2 heterocycles. The minimum atomic E-state index is -0.254. The molecule has 0 radical (unpaired) electrons. The Morgan fingerprint density at radius 3 is 2.68 bits per heavy atom. The van der Waals surface area contributed by atoms with Crippen molar-refractivity contribution in [3.05, 3.63) is 72.6 Å². The van der Waals surface area contributed by atoms with Crippen LogP contribution in [0.25, 0.3) is 11.3 Å². The van der Waals surface area contributed by atoms with E-state index in [1.807, 2.05) is 48.5 Å². The van der Waals surface area contributed by atoms with Crippen molar-refractivity contribution in [1.82, 2.24) is 15.3 Å². The number of nitrogens with two attached hydrogens (primary N) is 1. The molecule has 6 heteroatoms. The van der Waals surface area contributed by atoms with E-state index in [-0.39, 0.29) is 18.4 Å². The Labute approximate surface area is 145 Å². The van der Waals surface area contributed by atoms with Crippen molar-refractivity contribution in [3.8, 4) is 17.1 Å². The molecular weight excluding hydrogens is 316 g/mol. The van der Waals surface area contributed by atoms with Crippen LogP contribution in [0.15, 0.2) is 67.0 Å². The summed E-state index contributed by atoms with van der Waals surface area (Å²) in [5, 5.41) is 2.76. The minimum absolute atomic E-state index is 0.157. The van der Waals surface area contributed by atoms with Gasteiger partial charge in [0.05, 0.1) is 11.4 Å². The van der Waals surface area contributed by atoms with Gasteiger partial charge >= 0.3 is 0 Å². The Bertz CT molecular complexity index is 839. The topological polar surface area (TPSA) is 90.1 Å². The molecule has 0 aliphatic carbocycles. The fourth-order valence-corrected chi connectivity index (χ4v) is 2.22. The van der Waals surface area contributed by atoms with Crippen molar-refractivity contribution in [2.24, 2.45) is 0 Å². The predicted molar refractivity (Wildman–Crippen MR) is 95.7 cm³/mol. The van der Waals surface area contributed by atoms with E-state index in [0.29, 0.717) is 12.2 Å². The molecule has 2 aromatic heterocycles. The van der Waals surface area contributed by atoms with Crippen molar-refractivity contribution in [2.45, 2.75) is 6.54 Å². The largest absolute Gasteiger partial charge is 0.466 e. The number of ether oxygens (including phenoxy) is 1. The van der Waals surface area contributed by atoms with Gasteiger partial charge in [0, 0.05) is 24.5 Å². The lowest BCUT2D eigenvalue weighted by atomic mass is 10.1. The number of carbonyl (C=O) groups is 1. The van der Waals surface area contributed by atoms with E-state index in [2.05, 4.69) is 15.3 Å². The highest BCUT2D eigenvalue weighted by Crippen LogP contribution is 2.24. The molecule has 3 rings (SSSR count). The van der Waals surface area contributed by atoms with Crippen LogP contribution in [-0.2, 0) is 11.3 Å². The Balaban J connectivity index is 1.60. The molecule has 0 spiro atoms. The minimum Gasteiger partial charge on any atom is -0.466 e. The molecule has 1 amide bonds. The third-order valence-corrected chi connectivity index (χ3v) is 3.51. The van der Waals surface area contributed by atoms with Gasteiger partial charge in [-0.1, -0.05) is 36.4 Å². The maximum atomic E-state index is 11.9. The lowest BCUT2D eigenvalue weighted by molar-refractivity contribution is -0.123. The van der Waals surface area contributed by atoms with Crippen molar-refractivity contribution >= 4 is 11.6 Å². The molecule has 3 N–H and O–H groups in total. The molecule has 0 saturated heterocycles. The fraction of sp³-hybridized carbons (Fsp3) is 0.105. The van der Waals surface area contributed by atoms with Crippen LogP contribution >= 0.6 is 0 Å². The predicted octanol–water partition coefficient (Wildman–Crippen LogP) is 2.42. The van der Waals surface area contributed by atoms with Gasteiger partial charge in [0.2, 0.25) is 5.88 Å². The van der Waals surface area contributed by atoms with Gasteiger partial charge in [-0.05, 0) is 23.8 Å². The summed E-state index contributed by atoms with van der Waals surface area (Å²) in [6.45, 7) is 0.235. The first kappa shape index (κ1) is 16.4. The number of benzene rings is 1. The van der Waals surface area contributed by atoms with Gasteiger partial charge in [-0.3, -0.25) is 9.78 Å². The molecule has 0 bridgehead atoms. The number of amides is 1. The van der Waals surface area contributed by atoms with Crippen molar-refractivity contribution < 1.29 is 9.53 Å². The van der Waals surface area contributed by atoms with Gasteiger partial charge in [-0.2, -0.15) is 0 Å². The Hall–Kier alpha value is -3.41. The third-order valence-electron chi connectivity index (χ3n) is 3.51. The van der Waals surface area contributed by atoms with Gasteiger partial charge < -0.3 is 15.8 Å². The van der Waals surface area contributed by atoms with E-state index >= 15 is 0 Å². The van der Waals surface area contributed by atoms with E-state index in [0.717, 1.165) is 16.8 Å². The highest BCUT2D eigenvalue weighted by atomic mass is 16.5. The molecule has 0 atom stereocenters. The summed E-state index contributed by atoms with van der Waals surface area (Å²) in [7, 11) is 0. The molecule has 25 heavy (non-hydrogen) atoms. The van der Waals surface area contributed by atoms with Crippen LogP contribution in [-0.4, -0.2) is 22.5 Å². The number of nitrogen functional groups attached to an aromatic ring is 1. The molecular formula is C19H18N4O2. The molecule has 3 aromatic rings. The lowest BCUT2D eigenvalue weighted by Gasteiger charge is -2.10. The Kier molecular flexibility index (Phi) is 5.21. The van der Waals surface area contributed by atoms with Crippen LogP contribution in [0.1, 0.15) is 5.56 Å². The summed E-state index contributed by atoms with van der Waals surface area (Å²) >= 11 is 0. The van der Waals surface area contributed by atoms with Gasteiger partial charge in [0.15, 0.2) is 6.61 Å². The van der Waals surface area contributed by atoms with Crippen LogP contribution in [0, 0.1) is 0 Å². The first-order valence-electron chi connectivity index (χ1n) is 7.83. The molecule has 126 valence electrons. The summed E-state index contributed by atoms with van der Waals surface area (Å²) in [5.41, 5.74) is 8.89. The van der Waals surface area contributed by atoms with Gasteiger partial charge in [0.1, 0.15) is 0 Å². The van der Waals surface area contributed by atoms with E-state index in [4.69, 9.17) is 10.5 Å². The van der Waals surface area contributed by atoms with Gasteiger partial charge in [0.25, 0.3) is 5.91 Å². The van der Waals surface area contributed by atoms with Gasteiger partial charge in [-0.15, -0.1) is 0 Å². The lowest BCUT2D eigenvalue weighted by Crippen LogP contribution is -2.28. The standard InChI is InChI=1S/C19H18N4O2/c20-16-8-9-17(15-6-2-1-3-7-15)23-19(16)25-13-18(24)22-12-14-5-4-10-21-11-14/h1-11H,12-13,20H2,(H,22,24). The zero-order valence-corrected chi connectivity index (χ0v) is 13.6. The molecule has 1 aromatic carbocycles. The summed E-state index contributed by atoms with van der Waals surface area (Å²) < 4.78 is 5.49. The SMILES string of the molecule is Nc1ccc(-c2ccccc2)nc1OCC(=O)NCc1cccnc1. The van der Waals surface area contributed by atoms with E-state index in [1.165, 1.54) is 0 Å². The molecule has 0 unspecified atom stereocenters. The van der Waals surface area contributed by atoms with E-state index in [9.17, 15) is 4.79 Å². The number of hydrogen-bond donors (Lipinski definition) is 2. The molecule has 6 nitrogen and oxygen atoms in total. The van der Waals surface area contributed by atoms with Crippen molar-refractivity contribution in [3.63, 3.8) is 0 Å². The van der Waals surface area contributed by atoms with Crippen LogP contribution < -0.4 is 15.8 Å². The molecule has 0 aliphatic heterocycles. The number of rotatable bonds is 6. The number of aromatic nitrogens is 2. The first-order chi connectivity index (χ1) is 12.2. The molecule has 0 aliphatic rings. The van der Waals surface area contributed by atoms with Crippen LogP contribution in [0.2, 0.25) is 0 Å². The zero-order valence-electron chi connectivity index (χ0n) is 13.6.